The van der Waals surface area contributed by atoms with E-state index in [4.69, 9.17) is 0 Å². The van der Waals surface area contributed by atoms with Gasteiger partial charge in [0.25, 0.3) is 0 Å². The lowest BCUT2D eigenvalue weighted by Gasteiger charge is -2.09. The standard InChI is InChI=1S/C21H16F3N5O/c1-13(30)25-16-8-10-17(11-9-16)26-20-27-19-7-3-6-18(29(19)28-20)14-4-2-5-15(12-14)21(22,23)24/h2-12H,1H3,(H,25,30)(H,26,28). The van der Waals surface area contributed by atoms with E-state index in [0.717, 1.165) is 12.1 Å². The number of amides is 1. The van der Waals surface area contributed by atoms with Crippen LogP contribution in [-0.2, 0) is 11.0 Å². The highest BCUT2D eigenvalue weighted by Crippen LogP contribution is 2.32. The van der Waals surface area contributed by atoms with E-state index in [-0.39, 0.29) is 5.91 Å². The Hall–Kier alpha value is -3.88. The summed E-state index contributed by atoms with van der Waals surface area (Å²) in [6, 6.07) is 17.2. The molecular formula is C21H16F3N5O. The van der Waals surface area contributed by atoms with Gasteiger partial charge in [0.2, 0.25) is 11.9 Å². The summed E-state index contributed by atoms with van der Waals surface area (Å²) >= 11 is 0. The number of nitrogens with one attached hydrogen (secondary N) is 2. The molecule has 0 atom stereocenters. The number of carbonyl (C=O) groups excluding carboxylic acids is 1. The average molecular weight is 411 g/mol. The van der Waals surface area contributed by atoms with Crippen LogP contribution in [0.3, 0.4) is 0 Å². The molecular weight excluding hydrogens is 395 g/mol. The Labute approximate surface area is 169 Å². The number of fused-ring (bicyclic) bond motifs is 1. The van der Waals surface area contributed by atoms with Crippen molar-refractivity contribution in [1.29, 1.82) is 0 Å². The third kappa shape index (κ3) is 4.09. The Morgan fingerprint density at radius 2 is 1.67 bits per heavy atom. The number of hydrogen-bond donors (Lipinski definition) is 2. The van der Waals surface area contributed by atoms with E-state index < -0.39 is 11.7 Å². The van der Waals surface area contributed by atoms with Crippen molar-refractivity contribution in [3.63, 3.8) is 0 Å². The van der Waals surface area contributed by atoms with Gasteiger partial charge in [0.15, 0.2) is 5.65 Å². The number of benzene rings is 2. The summed E-state index contributed by atoms with van der Waals surface area (Å²) in [5.74, 6) is 0.126. The van der Waals surface area contributed by atoms with Gasteiger partial charge in [0.1, 0.15) is 0 Å². The van der Waals surface area contributed by atoms with Crippen molar-refractivity contribution >= 4 is 28.9 Å². The second-order valence-electron chi connectivity index (χ2n) is 6.58. The lowest BCUT2D eigenvalue weighted by atomic mass is 10.1. The van der Waals surface area contributed by atoms with Gasteiger partial charge < -0.3 is 10.6 Å². The highest BCUT2D eigenvalue weighted by atomic mass is 19.4. The molecule has 4 aromatic rings. The molecule has 2 heterocycles. The molecule has 0 aliphatic rings. The molecule has 0 aliphatic carbocycles. The smallest absolute Gasteiger partial charge is 0.326 e. The lowest BCUT2D eigenvalue weighted by molar-refractivity contribution is -0.137. The van der Waals surface area contributed by atoms with Gasteiger partial charge in [-0.25, -0.2) is 4.52 Å². The second kappa shape index (κ2) is 7.51. The monoisotopic (exact) mass is 411 g/mol. The van der Waals surface area contributed by atoms with Crippen molar-refractivity contribution in [2.75, 3.05) is 10.6 Å². The van der Waals surface area contributed by atoms with Crippen molar-refractivity contribution in [2.24, 2.45) is 0 Å². The Balaban J connectivity index is 1.65. The molecule has 6 nitrogen and oxygen atoms in total. The first kappa shape index (κ1) is 19.4. The summed E-state index contributed by atoms with van der Waals surface area (Å²) in [6.45, 7) is 1.43. The van der Waals surface area contributed by atoms with Crippen LogP contribution in [0.2, 0.25) is 0 Å². The minimum Gasteiger partial charge on any atom is -0.326 e. The average Bonchev–Trinajstić information content (AvgIpc) is 3.11. The molecule has 0 saturated carbocycles. The summed E-state index contributed by atoms with van der Waals surface area (Å²) in [5, 5.41) is 10.1. The predicted octanol–water partition coefficient (Wildman–Crippen LogP) is 5.12. The molecule has 0 fully saturated rings. The molecule has 0 aliphatic heterocycles. The lowest BCUT2D eigenvalue weighted by Crippen LogP contribution is -2.05. The Bertz CT molecular complexity index is 1220. The van der Waals surface area contributed by atoms with Gasteiger partial charge in [-0.3, -0.25) is 4.79 Å². The van der Waals surface area contributed by atoms with Gasteiger partial charge in [-0.15, -0.1) is 5.10 Å². The van der Waals surface area contributed by atoms with E-state index in [9.17, 15) is 18.0 Å². The molecule has 0 radical (unpaired) electrons. The maximum absolute atomic E-state index is 13.1. The van der Waals surface area contributed by atoms with Crippen LogP contribution in [0.1, 0.15) is 12.5 Å². The SMILES string of the molecule is CC(=O)Nc1ccc(Nc2nc3cccc(-c4cccc(C(F)(F)F)c4)n3n2)cc1. The van der Waals surface area contributed by atoms with E-state index in [2.05, 4.69) is 20.7 Å². The number of anilines is 3. The Kier molecular flexibility index (Phi) is 4.86. The third-order valence-electron chi connectivity index (χ3n) is 4.31. The number of hydrogen-bond acceptors (Lipinski definition) is 4. The number of carbonyl (C=O) groups is 1. The number of rotatable bonds is 4. The van der Waals surface area contributed by atoms with Gasteiger partial charge in [0.05, 0.1) is 11.3 Å². The predicted molar refractivity (Wildman–Crippen MR) is 107 cm³/mol. The normalized spacial score (nSPS) is 11.5. The zero-order valence-corrected chi connectivity index (χ0v) is 15.7. The third-order valence-corrected chi connectivity index (χ3v) is 4.31. The number of pyridine rings is 1. The van der Waals surface area contributed by atoms with Crippen LogP contribution >= 0.6 is 0 Å². The van der Waals surface area contributed by atoms with Crippen molar-refractivity contribution in [3.8, 4) is 11.3 Å². The molecule has 152 valence electrons. The minimum atomic E-state index is -4.43. The van der Waals surface area contributed by atoms with Gasteiger partial charge in [-0.1, -0.05) is 18.2 Å². The van der Waals surface area contributed by atoms with Gasteiger partial charge in [-0.05, 0) is 48.5 Å². The second-order valence-corrected chi connectivity index (χ2v) is 6.58. The van der Waals surface area contributed by atoms with Gasteiger partial charge in [-0.2, -0.15) is 18.2 Å². The largest absolute Gasteiger partial charge is 0.416 e. The number of alkyl halides is 3. The quantitative estimate of drug-likeness (QED) is 0.489. The minimum absolute atomic E-state index is 0.167. The maximum atomic E-state index is 13.1. The van der Waals surface area contributed by atoms with Crippen LogP contribution in [0.5, 0.6) is 0 Å². The number of halogens is 3. The van der Waals surface area contributed by atoms with E-state index in [1.54, 1.807) is 48.5 Å². The fourth-order valence-electron chi connectivity index (χ4n) is 3.00. The topological polar surface area (TPSA) is 71.3 Å². The highest BCUT2D eigenvalue weighted by Gasteiger charge is 2.30. The molecule has 30 heavy (non-hydrogen) atoms. The zero-order chi connectivity index (χ0) is 21.3. The van der Waals surface area contributed by atoms with Gasteiger partial charge in [0, 0.05) is 23.9 Å². The molecule has 4 rings (SSSR count). The summed E-state index contributed by atoms with van der Waals surface area (Å²) in [5.41, 5.74) is 1.98. The van der Waals surface area contributed by atoms with E-state index in [0.29, 0.717) is 34.2 Å². The maximum Gasteiger partial charge on any atom is 0.416 e. The van der Waals surface area contributed by atoms with E-state index >= 15 is 0 Å². The van der Waals surface area contributed by atoms with Crippen LogP contribution < -0.4 is 10.6 Å². The molecule has 2 N–H and O–H groups in total. The summed E-state index contributed by atoms with van der Waals surface area (Å²) in [6.07, 6.45) is -4.43. The molecule has 9 heteroatoms. The summed E-state index contributed by atoms with van der Waals surface area (Å²) < 4.78 is 40.7. The van der Waals surface area contributed by atoms with E-state index in [1.807, 2.05) is 0 Å². The fraction of sp³-hybridized carbons (Fsp3) is 0.0952. The molecule has 0 saturated heterocycles. The van der Waals surface area contributed by atoms with Crippen molar-refractivity contribution in [3.05, 3.63) is 72.3 Å². The first-order valence-corrected chi connectivity index (χ1v) is 8.98. The number of aromatic nitrogens is 3. The summed E-state index contributed by atoms with van der Waals surface area (Å²) in [7, 11) is 0. The highest BCUT2D eigenvalue weighted by molar-refractivity contribution is 5.88. The Morgan fingerprint density at radius 3 is 2.37 bits per heavy atom. The van der Waals surface area contributed by atoms with Gasteiger partial charge >= 0.3 is 6.18 Å². The number of nitrogens with zero attached hydrogens (tertiary/aromatic N) is 3. The van der Waals surface area contributed by atoms with Crippen LogP contribution in [0.15, 0.2) is 66.7 Å². The van der Waals surface area contributed by atoms with Crippen LogP contribution in [0.25, 0.3) is 16.9 Å². The van der Waals surface area contributed by atoms with Crippen molar-refractivity contribution in [2.45, 2.75) is 13.1 Å². The zero-order valence-electron chi connectivity index (χ0n) is 15.7. The molecule has 0 unspecified atom stereocenters. The van der Waals surface area contributed by atoms with Crippen LogP contribution in [0.4, 0.5) is 30.5 Å². The summed E-state index contributed by atoms with van der Waals surface area (Å²) in [4.78, 5) is 15.5. The van der Waals surface area contributed by atoms with Crippen LogP contribution in [-0.4, -0.2) is 20.5 Å². The molecule has 0 spiro atoms. The Morgan fingerprint density at radius 1 is 0.967 bits per heavy atom. The molecule has 1 amide bonds. The van der Waals surface area contributed by atoms with E-state index in [1.165, 1.54) is 17.5 Å². The fourth-order valence-corrected chi connectivity index (χ4v) is 3.00. The van der Waals surface area contributed by atoms with Crippen LogP contribution in [0, 0.1) is 0 Å². The van der Waals surface area contributed by atoms with Crippen molar-refractivity contribution < 1.29 is 18.0 Å². The van der Waals surface area contributed by atoms with Crippen molar-refractivity contribution in [1.82, 2.24) is 14.6 Å². The molecule has 0 bridgehead atoms. The first-order chi connectivity index (χ1) is 14.3. The molecule has 2 aromatic carbocycles. The first-order valence-electron chi connectivity index (χ1n) is 8.98. The molecule has 2 aromatic heterocycles.